The molecule has 2 heterocycles. The number of nitrogens with one attached hydrogen (secondary N) is 1. The molecule has 0 atom stereocenters. The third kappa shape index (κ3) is 5.27. The van der Waals surface area contributed by atoms with Gasteiger partial charge in [0, 0.05) is 12.6 Å². The second-order valence-corrected chi connectivity index (χ2v) is 6.84. The molecule has 0 radical (unpaired) electrons. The minimum Gasteiger partial charge on any atom is -0.484 e. The SMILES string of the molecule is CCc1ccc(OCC(=O)NCCn2nc(-c3cccs3)ccc2=O)cc1. The first-order valence-corrected chi connectivity index (χ1v) is 9.64. The van der Waals surface area contributed by atoms with Gasteiger partial charge in [0.15, 0.2) is 6.61 Å². The Morgan fingerprint density at radius 2 is 2.00 bits per heavy atom. The molecule has 140 valence electrons. The fraction of sp³-hybridized carbons (Fsp3) is 0.250. The molecule has 0 spiro atoms. The summed E-state index contributed by atoms with van der Waals surface area (Å²) in [5.74, 6) is 0.418. The average Bonchev–Trinajstić information content (AvgIpc) is 3.23. The van der Waals surface area contributed by atoms with Gasteiger partial charge < -0.3 is 10.1 Å². The van der Waals surface area contributed by atoms with Crippen molar-refractivity contribution in [1.82, 2.24) is 15.1 Å². The zero-order valence-electron chi connectivity index (χ0n) is 15.1. The van der Waals surface area contributed by atoms with E-state index in [2.05, 4.69) is 17.3 Å². The molecule has 0 fully saturated rings. The normalized spacial score (nSPS) is 10.6. The van der Waals surface area contributed by atoms with E-state index in [0.29, 0.717) is 18.8 Å². The van der Waals surface area contributed by atoms with Crippen LogP contribution in [0.25, 0.3) is 10.6 Å². The summed E-state index contributed by atoms with van der Waals surface area (Å²) in [4.78, 5) is 24.9. The first kappa shape index (κ1) is 18.8. The van der Waals surface area contributed by atoms with Gasteiger partial charge in [-0.2, -0.15) is 5.10 Å². The predicted molar refractivity (Wildman–Crippen MR) is 106 cm³/mol. The number of nitrogens with zero attached hydrogens (tertiary/aromatic N) is 2. The Morgan fingerprint density at radius 1 is 1.19 bits per heavy atom. The van der Waals surface area contributed by atoms with Gasteiger partial charge in [-0.1, -0.05) is 25.1 Å². The van der Waals surface area contributed by atoms with Crippen molar-refractivity contribution in [3.05, 3.63) is 69.8 Å². The Hall–Kier alpha value is -2.93. The number of thiophene rings is 1. The van der Waals surface area contributed by atoms with Crippen LogP contribution in [0.4, 0.5) is 0 Å². The van der Waals surface area contributed by atoms with Crippen LogP contribution in [0.1, 0.15) is 12.5 Å². The average molecular weight is 383 g/mol. The summed E-state index contributed by atoms with van der Waals surface area (Å²) in [6.45, 7) is 2.62. The number of aromatic nitrogens is 2. The molecule has 0 saturated heterocycles. The smallest absolute Gasteiger partial charge is 0.266 e. The van der Waals surface area contributed by atoms with Crippen LogP contribution in [0.3, 0.4) is 0 Å². The molecule has 27 heavy (non-hydrogen) atoms. The lowest BCUT2D eigenvalue weighted by Crippen LogP contribution is -2.34. The zero-order valence-corrected chi connectivity index (χ0v) is 15.9. The monoisotopic (exact) mass is 383 g/mol. The number of ether oxygens (including phenoxy) is 1. The lowest BCUT2D eigenvalue weighted by Gasteiger charge is -2.09. The number of carbonyl (C=O) groups excluding carboxylic acids is 1. The highest BCUT2D eigenvalue weighted by Gasteiger charge is 2.06. The largest absolute Gasteiger partial charge is 0.484 e. The van der Waals surface area contributed by atoms with E-state index >= 15 is 0 Å². The number of amides is 1. The lowest BCUT2D eigenvalue weighted by molar-refractivity contribution is -0.123. The van der Waals surface area contributed by atoms with Crippen LogP contribution in [-0.4, -0.2) is 28.8 Å². The molecule has 0 unspecified atom stereocenters. The maximum atomic E-state index is 11.9. The first-order valence-electron chi connectivity index (χ1n) is 8.76. The third-order valence-corrected chi connectivity index (χ3v) is 4.88. The number of carbonyl (C=O) groups is 1. The fourth-order valence-corrected chi connectivity index (χ4v) is 3.18. The number of hydrogen-bond acceptors (Lipinski definition) is 5. The van der Waals surface area contributed by atoms with E-state index in [-0.39, 0.29) is 18.1 Å². The Balaban J connectivity index is 1.48. The fourth-order valence-electron chi connectivity index (χ4n) is 2.49. The molecular weight excluding hydrogens is 362 g/mol. The van der Waals surface area contributed by atoms with E-state index in [1.54, 1.807) is 17.4 Å². The Labute approximate surface area is 161 Å². The molecule has 0 aliphatic rings. The van der Waals surface area contributed by atoms with Gasteiger partial charge in [-0.25, -0.2) is 4.68 Å². The van der Waals surface area contributed by atoms with Crippen LogP contribution in [0.5, 0.6) is 5.75 Å². The maximum absolute atomic E-state index is 11.9. The van der Waals surface area contributed by atoms with Gasteiger partial charge in [-0.3, -0.25) is 9.59 Å². The van der Waals surface area contributed by atoms with Gasteiger partial charge in [0.2, 0.25) is 0 Å². The second kappa shape index (κ2) is 9.14. The molecule has 2 aromatic heterocycles. The molecule has 1 amide bonds. The van der Waals surface area contributed by atoms with E-state index in [9.17, 15) is 9.59 Å². The van der Waals surface area contributed by atoms with Crippen molar-refractivity contribution < 1.29 is 9.53 Å². The highest BCUT2D eigenvalue weighted by atomic mass is 32.1. The second-order valence-electron chi connectivity index (χ2n) is 5.89. The number of aryl methyl sites for hydroxylation is 1. The third-order valence-electron chi connectivity index (χ3n) is 3.99. The number of benzene rings is 1. The molecule has 0 aliphatic carbocycles. The summed E-state index contributed by atoms with van der Waals surface area (Å²) in [6.07, 6.45) is 0.960. The minimum absolute atomic E-state index is 0.0664. The zero-order chi connectivity index (χ0) is 19.1. The molecule has 6 nitrogen and oxygen atoms in total. The van der Waals surface area contributed by atoms with E-state index in [4.69, 9.17) is 4.74 Å². The summed E-state index contributed by atoms with van der Waals surface area (Å²) in [6, 6.07) is 14.8. The lowest BCUT2D eigenvalue weighted by atomic mass is 10.2. The van der Waals surface area contributed by atoms with Crippen LogP contribution in [0.2, 0.25) is 0 Å². The molecule has 0 saturated carbocycles. The summed E-state index contributed by atoms with van der Waals surface area (Å²) < 4.78 is 6.83. The number of rotatable bonds is 8. The van der Waals surface area contributed by atoms with Gasteiger partial charge >= 0.3 is 0 Å². The molecule has 1 N–H and O–H groups in total. The van der Waals surface area contributed by atoms with Gasteiger partial charge in [0.1, 0.15) is 11.4 Å². The Kier molecular flexibility index (Phi) is 6.38. The summed E-state index contributed by atoms with van der Waals surface area (Å²) in [5.41, 5.74) is 1.76. The Morgan fingerprint density at radius 3 is 2.70 bits per heavy atom. The van der Waals surface area contributed by atoms with Crippen LogP contribution < -0.4 is 15.6 Å². The van der Waals surface area contributed by atoms with Crippen molar-refractivity contribution in [1.29, 1.82) is 0 Å². The van der Waals surface area contributed by atoms with Gasteiger partial charge in [0.25, 0.3) is 11.5 Å². The van der Waals surface area contributed by atoms with Crippen LogP contribution >= 0.6 is 11.3 Å². The van der Waals surface area contributed by atoms with Crippen LogP contribution in [-0.2, 0) is 17.8 Å². The maximum Gasteiger partial charge on any atom is 0.266 e. The van der Waals surface area contributed by atoms with Gasteiger partial charge in [-0.15, -0.1) is 11.3 Å². The van der Waals surface area contributed by atoms with Crippen molar-refractivity contribution in [3.8, 4) is 16.3 Å². The molecule has 1 aromatic carbocycles. The van der Waals surface area contributed by atoms with Crippen molar-refractivity contribution in [2.75, 3.05) is 13.2 Å². The standard InChI is InChI=1S/C20H21N3O3S/c1-2-15-5-7-16(8-6-15)26-14-19(24)21-11-12-23-20(25)10-9-17(22-23)18-4-3-13-27-18/h3-10,13H,2,11-12,14H2,1H3,(H,21,24). The van der Waals surface area contributed by atoms with Crippen molar-refractivity contribution in [2.45, 2.75) is 19.9 Å². The van der Waals surface area contributed by atoms with Crippen molar-refractivity contribution in [3.63, 3.8) is 0 Å². The molecular formula is C20H21N3O3S. The molecule has 3 rings (SSSR count). The highest BCUT2D eigenvalue weighted by molar-refractivity contribution is 7.13. The van der Waals surface area contributed by atoms with E-state index in [1.165, 1.54) is 16.3 Å². The van der Waals surface area contributed by atoms with Crippen LogP contribution in [0, 0.1) is 0 Å². The van der Waals surface area contributed by atoms with Gasteiger partial charge in [-0.05, 0) is 41.6 Å². The molecule has 3 aromatic rings. The quantitative estimate of drug-likeness (QED) is 0.649. The van der Waals surface area contributed by atoms with E-state index < -0.39 is 0 Å². The summed E-state index contributed by atoms with van der Waals surface area (Å²) in [5, 5.41) is 9.06. The minimum atomic E-state index is -0.239. The first-order chi connectivity index (χ1) is 13.2. The van der Waals surface area contributed by atoms with Crippen LogP contribution in [0.15, 0.2) is 58.7 Å². The predicted octanol–water partition coefficient (Wildman–Crippen LogP) is 2.73. The van der Waals surface area contributed by atoms with Gasteiger partial charge in [0.05, 0.1) is 11.4 Å². The molecule has 0 bridgehead atoms. The van der Waals surface area contributed by atoms with Crippen molar-refractivity contribution >= 4 is 17.2 Å². The summed E-state index contributed by atoms with van der Waals surface area (Å²) in [7, 11) is 0. The topological polar surface area (TPSA) is 73.2 Å². The molecule has 7 heteroatoms. The van der Waals surface area contributed by atoms with E-state index in [1.807, 2.05) is 41.8 Å². The number of hydrogen-bond donors (Lipinski definition) is 1. The summed E-state index contributed by atoms with van der Waals surface area (Å²) >= 11 is 1.56. The molecule has 0 aliphatic heterocycles. The Bertz CT molecular complexity index is 934. The van der Waals surface area contributed by atoms with Crippen molar-refractivity contribution in [2.24, 2.45) is 0 Å². The highest BCUT2D eigenvalue weighted by Crippen LogP contribution is 2.20. The van der Waals surface area contributed by atoms with E-state index in [0.717, 1.165) is 17.0 Å².